The minimum Gasteiger partial charge on any atom is -0.490 e. The fourth-order valence-electron chi connectivity index (χ4n) is 3.00. The molecule has 2 aromatic carbocycles. The lowest BCUT2D eigenvalue weighted by atomic mass is 10.1. The molecule has 0 aliphatic carbocycles. The summed E-state index contributed by atoms with van der Waals surface area (Å²) in [6, 6.07) is 14.9. The van der Waals surface area contributed by atoms with Crippen molar-refractivity contribution >= 4 is 21.8 Å². The Labute approximate surface area is 124 Å². The van der Waals surface area contributed by atoms with Gasteiger partial charge >= 0.3 is 0 Å². The van der Waals surface area contributed by atoms with E-state index in [9.17, 15) is 0 Å². The molecule has 0 bridgehead atoms. The van der Waals surface area contributed by atoms with Gasteiger partial charge in [-0.1, -0.05) is 31.2 Å². The average molecular weight is 281 g/mol. The van der Waals surface area contributed by atoms with Crippen molar-refractivity contribution in [3.8, 4) is 5.75 Å². The Morgan fingerprint density at radius 1 is 1.14 bits per heavy atom. The van der Waals surface area contributed by atoms with Gasteiger partial charge in [-0.15, -0.1) is 0 Å². The van der Waals surface area contributed by atoms with Gasteiger partial charge < -0.3 is 14.0 Å². The van der Waals surface area contributed by atoms with Gasteiger partial charge in [0.05, 0.1) is 12.1 Å². The zero-order chi connectivity index (χ0) is 14.2. The highest BCUT2D eigenvalue weighted by atomic mass is 16.6. The van der Waals surface area contributed by atoms with Gasteiger partial charge in [-0.2, -0.15) is 0 Å². The highest BCUT2D eigenvalue weighted by Gasteiger charge is 2.24. The van der Waals surface area contributed by atoms with Gasteiger partial charge in [-0.3, -0.25) is 0 Å². The number of hydrogen-bond donors (Lipinski definition) is 0. The minimum atomic E-state index is 0.282. The molecule has 1 atom stereocenters. The van der Waals surface area contributed by atoms with E-state index >= 15 is 0 Å². The zero-order valence-corrected chi connectivity index (χ0v) is 12.2. The molecule has 21 heavy (non-hydrogen) atoms. The summed E-state index contributed by atoms with van der Waals surface area (Å²) in [7, 11) is 0. The molecule has 0 amide bonds. The molecule has 4 rings (SSSR count). The highest BCUT2D eigenvalue weighted by molar-refractivity contribution is 6.11. The van der Waals surface area contributed by atoms with E-state index in [0.717, 1.165) is 25.3 Å². The molecule has 0 spiro atoms. The molecule has 1 saturated heterocycles. The summed E-state index contributed by atoms with van der Waals surface area (Å²) in [5, 5.41) is 2.50. The van der Waals surface area contributed by atoms with E-state index in [1.807, 2.05) is 0 Å². The number of epoxide rings is 1. The Kier molecular flexibility index (Phi) is 3.08. The molecule has 1 aliphatic rings. The van der Waals surface area contributed by atoms with Crippen molar-refractivity contribution in [1.29, 1.82) is 0 Å². The summed E-state index contributed by atoms with van der Waals surface area (Å²) in [6.45, 7) is 4.71. The summed E-state index contributed by atoms with van der Waals surface area (Å²) in [6.07, 6.45) is 1.40. The maximum absolute atomic E-state index is 6.00. The number of para-hydroxylation sites is 1. The Morgan fingerprint density at radius 3 is 2.76 bits per heavy atom. The smallest absolute Gasteiger partial charge is 0.129 e. The largest absolute Gasteiger partial charge is 0.490 e. The van der Waals surface area contributed by atoms with Crippen LogP contribution in [0.4, 0.5) is 0 Å². The quantitative estimate of drug-likeness (QED) is 0.661. The number of nitrogens with zero attached hydrogens (tertiary/aromatic N) is 1. The Morgan fingerprint density at radius 2 is 1.95 bits per heavy atom. The van der Waals surface area contributed by atoms with Gasteiger partial charge in [0.2, 0.25) is 0 Å². The number of hydrogen-bond acceptors (Lipinski definition) is 2. The zero-order valence-electron chi connectivity index (χ0n) is 12.2. The predicted molar refractivity (Wildman–Crippen MR) is 85.0 cm³/mol. The maximum Gasteiger partial charge on any atom is 0.129 e. The number of fused-ring (bicyclic) bond motifs is 3. The van der Waals surface area contributed by atoms with E-state index in [4.69, 9.17) is 9.47 Å². The first-order valence-corrected chi connectivity index (χ1v) is 7.63. The average Bonchev–Trinajstić information content (AvgIpc) is 3.30. The van der Waals surface area contributed by atoms with Gasteiger partial charge in [0.25, 0.3) is 0 Å². The number of aryl methyl sites for hydroxylation is 1. The van der Waals surface area contributed by atoms with Gasteiger partial charge in [-0.05, 0) is 24.6 Å². The van der Waals surface area contributed by atoms with E-state index in [2.05, 4.69) is 54.0 Å². The van der Waals surface area contributed by atoms with Crippen molar-refractivity contribution in [1.82, 2.24) is 4.57 Å². The first kappa shape index (κ1) is 12.7. The van der Waals surface area contributed by atoms with Gasteiger partial charge in [0, 0.05) is 22.8 Å². The van der Waals surface area contributed by atoms with Crippen LogP contribution in [0.5, 0.6) is 5.75 Å². The van der Waals surface area contributed by atoms with Crippen molar-refractivity contribution in [2.75, 3.05) is 13.2 Å². The van der Waals surface area contributed by atoms with Crippen LogP contribution in [0.25, 0.3) is 21.8 Å². The normalized spacial score (nSPS) is 17.5. The summed E-state index contributed by atoms with van der Waals surface area (Å²) in [5.41, 5.74) is 2.54. The number of rotatable bonds is 5. The topological polar surface area (TPSA) is 26.7 Å². The third kappa shape index (κ3) is 2.18. The lowest BCUT2D eigenvalue weighted by Gasteiger charge is -2.07. The fourth-order valence-corrected chi connectivity index (χ4v) is 3.00. The minimum absolute atomic E-state index is 0.282. The van der Waals surface area contributed by atoms with Gasteiger partial charge in [0.1, 0.15) is 18.5 Å². The third-order valence-electron chi connectivity index (χ3n) is 4.03. The van der Waals surface area contributed by atoms with E-state index in [-0.39, 0.29) is 6.10 Å². The van der Waals surface area contributed by atoms with E-state index in [1.165, 1.54) is 21.8 Å². The van der Waals surface area contributed by atoms with E-state index < -0.39 is 0 Å². The SMILES string of the molecule is CCCn1c2ccccc2c2c(OCC3CO3)cccc21. The number of benzene rings is 2. The van der Waals surface area contributed by atoms with Crippen molar-refractivity contribution in [2.24, 2.45) is 0 Å². The molecule has 3 aromatic rings. The highest BCUT2D eigenvalue weighted by Crippen LogP contribution is 2.36. The monoisotopic (exact) mass is 281 g/mol. The second kappa shape index (κ2) is 5.08. The Bertz CT molecular complexity index is 786. The second-order valence-electron chi connectivity index (χ2n) is 5.59. The molecule has 1 unspecified atom stereocenters. The van der Waals surface area contributed by atoms with Gasteiger partial charge in [-0.25, -0.2) is 0 Å². The first-order chi connectivity index (χ1) is 10.4. The van der Waals surface area contributed by atoms with Crippen molar-refractivity contribution in [3.63, 3.8) is 0 Å². The standard InChI is InChI=1S/C18H19NO2/c1-2-10-19-15-7-4-3-6-14(15)18-16(19)8-5-9-17(18)21-12-13-11-20-13/h3-9,13H,2,10-12H2,1H3. The van der Waals surface area contributed by atoms with Crippen molar-refractivity contribution < 1.29 is 9.47 Å². The molecule has 0 radical (unpaired) electrons. The molecule has 1 aliphatic heterocycles. The lowest BCUT2D eigenvalue weighted by Crippen LogP contribution is -2.04. The third-order valence-corrected chi connectivity index (χ3v) is 4.03. The van der Waals surface area contributed by atoms with Crippen LogP contribution in [-0.2, 0) is 11.3 Å². The fraction of sp³-hybridized carbons (Fsp3) is 0.333. The van der Waals surface area contributed by atoms with E-state index in [0.29, 0.717) is 6.61 Å². The summed E-state index contributed by atoms with van der Waals surface area (Å²) >= 11 is 0. The molecular formula is C18H19NO2. The number of aromatic nitrogens is 1. The van der Waals surface area contributed by atoms with Crippen LogP contribution in [0.3, 0.4) is 0 Å². The molecule has 2 heterocycles. The van der Waals surface area contributed by atoms with Crippen LogP contribution in [0.1, 0.15) is 13.3 Å². The Balaban J connectivity index is 1.92. The van der Waals surface area contributed by atoms with Crippen LogP contribution in [0.2, 0.25) is 0 Å². The van der Waals surface area contributed by atoms with Crippen LogP contribution in [0.15, 0.2) is 42.5 Å². The second-order valence-corrected chi connectivity index (χ2v) is 5.59. The summed E-state index contributed by atoms with van der Waals surface area (Å²) in [5.74, 6) is 0.967. The van der Waals surface area contributed by atoms with Crippen LogP contribution in [-0.4, -0.2) is 23.9 Å². The first-order valence-electron chi connectivity index (χ1n) is 7.63. The molecule has 3 heteroatoms. The number of ether oxygens (including phenoxy) is 2. The van der Waals surface area contributed by atoms with Crippen molar-refractivity contribution in [2.45, 2.75) is 26.0 Å². The lowest BCUT2D eigenvalue weighted by molar-refractivity contribution is 0.265. The predicted octanol–water partition coefficient (Wildman–Crippen LogP) is 3.98. The molecular weight excluding hydrogens is 262 g/mol. The summed E-state index contributed by atoms with van der Waals surface area (Å²) in [4.78, 5) is 0. The van der Waals surface area contributed by atoms with Crippen molar-refractivity contribution in [3.05, 3.63) is 42.5 Å². The molecule has 1 aromatic heterocycles. The Hall–Kier alpha value is -2.00. The molecule has 0 saturated carbocycles. The molecule has 3 nitrogen and oxygen atoms in total. The molecule has 0 N–H and O–H groups in total. The van der Waals surface area contributed by atoms with Gasteiger partial charge in [0.15, 0.2) is 0 Å². The molecule has 1 fully saturated rings. The maximum atomic E-state index is 6.00. The van der Waals surface area contributed by atoms with E-state index in [1.54, 1.807) is 0 Å². The van der Waals surface area contributed by atoms with Crippen LogP contribution in [0, 0.1) is 0 Å². The van der Waals surface area contributed by atoms with Crippen LogP contribution < -0.4 is 4.74 Å². The molecule has 108 valence electrons. The summed E-state index contributed by atoms with van der Waals surface area (Å²) < 4.78 is 13.6. The van der Waals surface area contributed by atoms with Crippen LogP contribution >= 0.6 is 0 Å².